The molecule has 282 valence electrons. The molecule has 11 heteroatoms. The minimum atomic E-state index is -0.569. The van der Waals surface area contributed by atoms with Crippen LogP contribution in [0, 0.1) is 20.8 Å². The number of benzene rings is 1. The fourth-order valence-electron chi connectivity index (χ4n) is 7.79. The van der Waals surface area contributed by atoms with Gasteiger partial charge in [-0.25, -0.2) is 4.79 Å². The highest BCUT2D eigenvalue weighted by Gasteiger charge is 2.39. The van der Waals surface area contributed by atoms with Crippen LogP contribution in [0.15, 0.2) is 41.3 Å². The van der Waals surface area contributed by atoms with E-state index >= 15 is 0 Å². The number of ether oxygens (including phenoxy) is 1. The predicted molar refractivity (Wildman–Crippen MR) is 208 cm³/mol. The van der Waals surface area contributed by atoms with Gasteiger partial charge in [0.05, 0.1) is 5.69 Å². The van der Waals surface area contributed by atoms with Gasteiger partial charge in [0.25, 0.3) is 11.5 Å². The van der Waals surface area contributed by atoms with Crippen LogP contribution in [0.5, 0.6) is 0 Å². The molecule has 2 aliphatic heterocycles. The number of amides is 2. The van der Waals surface area contributed by atoms with Crippen LogP contribution < -0.4 is 15.8 Å². The highest BCUT2D eigenvalue weighted by atomic mass is 16.6. The molecule has 3 aromatic rings. The molecule has 2 N–H and O–H groups in total. The first-order valence-electron chi connectivity index (χ1n) is 18.8. The number of likely N-dealkylation sites (tertiary alicyclic amines) is 1. The SMILES string of the molecule is CCN(c1cc(-c2ccc(CN3CCN(C)CC3)nc2)cc(C(=O)NCc2c(C)cc(C)[nH]c2=O)c1C)C1CC(C)N(C(=O)OC(C)(C)C)[C@H](C)C1. The molecule has 0 aliphatic carbocycles. The monoisotopic (exact) mass is 713 g/mol. The lowest BCUT2D eigenvalue weighted by molar-refractivity contribution is -0.00252. The van der Waals surface area contributed by atoms with Crippen LogP contribution >= 0.6 is 0 Å². The quantitative estimate of drug-likeness (QED) is 0.276. The molecule has 2 fully saturated rings. The van der Waals surface area contributed by atoms with E-state index in [4.69, 9.17) is 9.72 Å². The number of carbonyl (C=O) groups excluding carboxylic acids is 2. The lowest BCUT2D eigenvalue weighted by Gasteiger charge is -2.47. The summed E-state index contributed by atoms with van der Waals surface area (Å²) in [5.41, 5.74) is 6.67. The number of aromatic amines is 1. The smallest absolute Gasteiger partial charge is 0.410 e. The standard InChI is InChI=1S/C41H59N7O4/c1-11-47(34-19-28(4)48(29(5)20-34)40(51)52-41(7,8)9)37-22-32(31-12-13-33(42-23-31)25-46-16-14-45(10)15-17-46)21-35(30(37)6)38(49)43-24-36-26(2)18-27(3)44-39(36)50/h12-13,18,21-23,28-29,34H,11,14-17,19-20,24-25H2,1-10H3,(H,43,49)(H,44,50)/t28-,29?,34?/m1/s1. The number of nitrogens with one attached hydrogen (secondary N) is 2. The highest BCUT2D eigenvalue weighted by molar-refractivity contribution is 5.99. The molecule has 4 heterocycles. The second-order valence-corrected chi connectivity index (χ2v) is 15.9. The Morgan fingerprint density at radius 3 is 2.25 bits per heavy atom. The maximum Gasteiger partial charge on any atom is 0.410 e. The average Bonchev–Trinajstić information content (AvgIpc) is 3.05. The van der Waals surface area contributed by atoms with E-state index in [0.717, 1.165) is 91.4 Å². The Bertz CT molecular complexity index is 1780. The van der Waals surface area contributed by atoms with E-state index in [0.29, 0.717) is 11.1 Å². The van der Waals surface area contributed by atoms with Crippen molar-refractivity contribution in [3.05, 3.63) is 80.5 Å². The molecule has 1 aromatic carbocycles. The van der Waals surface area contributed by atoms with Crippen molar-refractivity contribution in [1.82, 2.24) is 30.0 Å². The molecular formula is C41H59N7O4. The summed E-state index contributed by atoms with van der Waals surface area (Å²) in [6.07, 6.45) is 3.16. The zero-order valence-corrected chi connectivity index (χ0v) is 32.9. The summed E-state index contributed by atoms with van der Waals surface area (Å²) in [7, 11) is 2.16. The van der Waals surface area contributed by atoms with Crippen LogP contribution in [0.4, 0.5) is 10.5 Å². The molecule has 2 amide bonds. The molecule has 3 atom stereocenters. The molecule has 0 saturated carbocycles. The zero-order chi connectivity index (χ0) is 37.9. The van der Waals surface area contributed by atoms with Gasteiger partial charge in [-0.2, -0.15) is 0 Å². The van der Waals surface area contributed by atoms with Crippen LogP contribution in [0.25, 0.3) is 11.1 Å². The van der Waals surface area contributed by atoms with Gasteiger partial charge in [0.2, 0.25) is 0 Å². The summed E-state index contributed by atoms with van der Waals surface area (Å²) >= 11 is 0. The van der Waals surface area contributed by atoms with Crippen LogP contribution in [0.2, 0.25) is 0 Å². The van der Waals surface area contributed by atoms with Crippen LogP contribution in [-0.4, -0.2) is 100 Å². The molecule has 2 aliphatic rings. The van der Waals surface area contributed by atoms with Gasteiger partial charge in [0, 0.05) is 98.2 Å². The lowest BCUT2D eigenvalue weighted by atomic mass is 9.90. The number of pyridine rings is 2. The third kappa shape index (κ3) is 9.22. The molecule has 11 nitrogen and oxygen atoms in total. The molecule has 0 bridgehead atoms. The summed E-state index contributed by atoms with van der Waals surface area (Å²) in [6, 6.07) is 10.3. The van der Waals surface area contributed by atoms with Crippen molar-refractivity contribution in [3.63, 3.8) is 0 Å². The van der Waals surface area contributed by atoms with E-state index in [1.54, 1.807) is 0 Å². The van der Waals surface area contributed by atoms with Crippen molar-refractivity contribution < 1.29 is 14.3 Å². The van der Waals surface area contributed by atoms with Crippen molar-refractivity contribution >= 4 is 17.7 Å². The van der Waals surface area contributed by atoms with Gasteiger partial charge >= 0.3 is 6.09 Å². The minimum Gasteiger partial charge on any atom is -0.444 e. The van der Waals surface area contributed by atoms with E-state index in [2.05, 4.69) is 71.0 Å². The average molecular weight is 714 g/mol. The molecule has 52 heavy (non-hydrogen) atoms. The second-order valence-electron chi connectivity index (χ2n) is 15.9. The molecule has 5 rings (SSSR count). The molecule has 2 saturated heterocycles. The lowest BCUT2D eigenvalue weighted by Crippen LogP contribution is -2.56. The van der Waals surface area contributed by atoms with Gasteiger partial charge in [-0.15, -0.1) is 0 Å². The van der Waals surface area contributed by atoms with Gasteiger partial charge in [-0.1, -0.05) is 6.07 Å². The van der Waals surface area contributed by atoms with Crippen molar-refractivity contribution in [2.24, 2.45) is 0 Å². The number of hydrogen-bond acceptors (Lipinski definition) is 8. The fraction of sp³-hybridized carbons (Fsp3) is 0.561. The number of piperidine rings is 1. The number of rotatable bonds is 9. The van der Waals surface area contributed by atoms with E-state index in [9.17, 15) is 14.4 Å². The Kier molecular flexibility index (Phi) is 12.2. The van der Waals surface area contributed by atoms with Gasteiger partial charge in [0.15, 0.2) is 0 Å². The van der Waals surface area contributed by atoms with Gasteiger partial charge < -0.3 is 29.7 Å². The number of nitrogens with zero attached hydrogens (tertiary/aromatic N) is 5. The number of hydrogen-bond donors (Lipinski definition) is 2. The summed E-state index contributed by atoms with van der Waals surface area (Å²) < 4.78 is 5.78. The molecule has 0 radical (unpaired) electrons. The number of piperazine rings is 1. The minimum absolute atomic E-state index is 0.0307. The number of carbonyl (C=O) groups is 2. The van der Waals surface area contributed by atoms with E-state index < -0.39 is 5.60 Å². The largest absolute Gasteiger partial charge is 0.444 e. The van der Waals surface area contributed by atoms with Crippen molar-refractivity contribution in [3.8, 4) is 11.1 Å². The third-order valence-electron chi connectivity index (χ3n) is 10.6. The summed E-state index contributed by atoms with van der Waals surface area (Å²) in [5, 5.41) is 3.05. The first-order valence-corrected chi connectivity index (χ1v) is 18.8. The molecule has 2 unspecified atom stereocenters. The normalized spacial score (nSPS) is 20.1. The number of aromatic nitrogens is 2. The van der Waals surface area contributed by atoms with Crippen molar-refractivity contribution in [2.45, 2.75) is 112 Å². The Morgan fingerprint density at radius 2 is 1.67 bits per heavy atom. The van der Waals surface area contributed by atoms with E-state index in [1.165, 1.54) is 0 Å². The highest BCUT2D eigenvalue weighted by Crippen LogP contribution is 2.36. The Morgan fingerprint density at radius 1 is 1.00 bits per heavy atom. The van der Waals surface area contributed by atoms with Crippen molar-refractivity contribution in [1.29, 1.82) is 0 Å². The van der Waals surface area contributed by atoms with Crippen LogP contribution in [0.3, 0.4) is 0 Å². The first kappa shape index (κ1) is 39.0. The predicted octanol–water partition coefficient (Wildman–Crippen LogP) is 6.04. The Labute approximate surface area is 309 Å². The summed E-state index contributed by atoms with van der Waals surface area (Å²) in [4.78, 5) is 56.8. The second kappa shape index (κ2) is 16.2. The Balaban J connectivity index is 1.47. The van der Waals surface area contributed by atoms with E-state index in [-0.39, 0.29) is 42.2 Å². The fourth-order valence-corrected chi connectivity index (χ4v) is 7.79. The molecule has 0 spiro atoms. The summed E-state index contributed by atoms with van der Waals surface area (Å²) in [5.74, 6) is -0.239. The van der Waals surface area contributed by atoms with Gasteiger partial charge in [-0.05, 0) is 123 Å². The number of likely N-dealkylation sites (N-methyl/N-ethyl adjacent to an activating group) is 1. The molecule has 2 aromatic heterocycles. The zero-order valence-electron chi connectivity index (χ0n) is 32.9. The number of aryl methyl sites for hydroxylation is 2. The third-order valence-corrected chi connectivity index (χ3v) is 10.6. The van der Waals surface area contributed by atoms with Gasteiger partial charge in [-0.3, -0.25) is 19.5 Å². The topological polar surface area (TPSA) is 114 Å². The van der Waals surface area contributed by atoms with Gasteiger partial charge in [0.1, 0.15) is 5.60 Å². The number of H-pyrrole nitrogens is 1. The maximum absolute atomic E-state index is 14.1. The Hall–Kier alpha value is -4.22. The van der Waals surface area contributed by atoms with Crippen LogP contribution in [-0.2, 0) is 17.8 Å². The first-order chi connectivity index (χ1) is 24.5. The van der Waals surface area contributed by atoms with Crippen LogP contribution in [0.1, 0.15) is 92.8 Å². The summed E-state index contributed by atoms with van der Waals surface area (Å²) in [6.45, 7) is 23.6. The molecular weight excluding hydrogens is 654 g/mol. The van der Waals surface area contributed by atoms with Crippen molar-refractivity contribution in [2.75, 3.05) is 44.7 Å². The number of anilines is 1. The maximum atomic E-state index is 14.1. The van der Waals surface area contributed by atoms with E-state index in [1.807, 2.05) is 64.8 Å².